The van der Waals surface area contributed by atoms with Gasteiger partial charge in [0.15, 0.2) is 11.5 Å². The minimum atomic E-state index is -0.308. The Morgan fingerprint density at radius 2 is 1.96 bits per heavy atom. The quantitative estimate of drug-likeness (QED) is 0.917. The molecule has 0 saturated carbocycles. The van der Waals surface area contributed by atoms with Gasteiger partial charge in [-0.2, -0.15) is 0 Å². The summed E-state index contributed by atoms with van der Waals surface area (Å²) in [6.45, 7) is 0.120. The van der Waals surface area contributed by atoms with Crippen LogP contribution >= 0.6 is 0 Å². The number of hydrogen-bond donors (Lipinski definition) is 1. The molecule has 6 heteroatoms. The lowest BCUT2D eigenvalue weighted by Crippen LogP contribution is -2.39. The van der Waals surface area contributed by atoms with Gasteiger partial charge in [0, 0.05) is 12.6 Å². The number of carbonyl (C=O) groups is 2. The van der Waals surface area contributed by atoms with Gasteiger partial charge in [0.05, 0.1) is 12.6 Å². The molecule has 1 aliphatic carbocycles. The Kier molecular flexibility index (Phi) is 4.24. The molecule has 4 rings (SSSR count). The normalized spacial score (nSPS) is 16.9. The summed E-state index contributed by atoms with van der Waals surface area (Å²) in [6, 6.07) is 13.2. The number of amides is 2. The summed E-state index contributed by atoms with van der Waals surface area (Å²) in [6.07, 6.45) is 1.89. The average molecular weight is 352 g/mol. The van der Waals surface area contributed by atoms with E-state index in [-0.39, 0.29) is 31.2 Å². The number of nitrogens with zero attached hydrogens (tertiary/aromatic N) is 1. The monoisotopic (exact) mass is 352 g/mol. The molecule has 6 nitrogen and oxygen atoms in total. The van der Waals surface area contributed by atoms with E-state index in [2.05, 4.69) is 17.4 Å². The Hall–Kier alpha value is -3.02. The van der Waals surface area contributed by atoms with E-state index in [1.54, 1.807) is 30.1 Å². The van der Waals surface area contributed by atoms with E-state index in [0.29, 0.717) is 17.1 Å². The highest BCUT2D eigenvalue weighted by molar-refractivity contribution is 5.97. The van der Waals surface area contributed by atoms with Crippen molar-refractivity contribution in [2.45, 2.75) is 18.9 Å². The van der Waals surface area contributed by atoms with Crippen LogP contribution in [0, 0.1) is 0 Å². The Labute approximate surface area is 151 Å². The van der Waals surface area contributed by atoms with Crippen molar-refractivity contribution in [2.75, 3.05) is 20.4 Å². The van der Waals surface area contributed by atoms with E-state index in [1.165, 1.54) is 11.1 Å². The van der Waals surface area contributed by atoms with E-state index >= 15 is 0 Å². The summed E-state index contributed by atoms with van der Waals surface area (Å²) in [5, 5.41) is 2.69. The van der Waals surface area contributed by atoms with Crippen molar-refractivity contribution >= 4 is 11.8 Å². The SMILES string of the molecule is CN(C(=O)CNC(=O)c1ccc2c(c1)OCO2)C1CCc2ccccc21. The summed E-state index contributed by atoms with van der Waals surface area (Å²) < 4.78 is 10.5. The first-order valence-corrected chi connectivity index (χ1v) is 8.65. The van der Waals surface area contributed by atoms with Gasteiger partial charge < -0.3 is 19.7 Å². The van der Waals surface area contributed by atoms with Crippen LogP contribution in [0.25, 0.3) is 0 Å². The molecule has 0 fully saturated rings. The van der Waals surface area contributed by atoms with Crippen molar-refractivity contribution < 1.29 is 19.1 Å². The van der Waals surface area contributed by atoms with Gasteiger partial charge >= 0.3 is 0 Å². The molecule has 0 bridgehead atoms. The molecule has 2 amide bonds. The second kappa shape index (κ2) is 6.71. The molecule has 2 aliphatic rings. The molecular formula is C20H20N2O4. The topological polar surface area (TPSA) is 67.9 Å². The zero-order chi connectivity index (χ0) is 18.1. The molecule has 2 aromatic carbocycles. The highest BCUT2D eigenvalue weighted by Crippen LogP contribution is 2.35. The smallest absolute Gasteiger partial charge is 0.251 e. The molecule has 1 unspecified atom stereocenters. The van der Waals surface area contributed by atoms with E-state index in [9.17, 15) is 9.59 Å². The fourth-order valence-corrected chi connectivity index (χ4v) is 3.53. The van der Waals surface area contributed by atoms with Crippen LogP contribution < -0.4 is 14.8 Å². The van der Waals surface area contributed by atoms with Crippen molar-refractivity contribution in [1.29, 1.82) is 0 Å². The first-order chi connectivity index (χ1) is 12.6. The number of nitrogens with one attached hydrogen (secondary N) is 1. The Morgan fingerprint density at radius 3 is 2.85 bits per heavy atom. The predicted octanol–water partition coefficient (Wildman–Crippen LogP) is 2.29. The zero-order valence-electron chi connectivity index (χ0n) is 14.5. The molecule has 0 saturated heterocycles. The average Bonchev–Trinajstić information content (AvgIpc) is 3.31. The van der Waals surface area contributed by atoms with Gasteiger partial charge in [-0.25, -0.2) is 0 Å². The first-order valence-electron chi connectivity index (χ1n) is 8.65. The first kappa shape index (κ1) is 16.4. The van der Waals surface area contributed by atoms with E-state index < -0.39 is 0 Å². The van der Waals surface area contributed by atoms with Crippen molar-refractivity contribution in [3.8, 4) is 11.5 Å². The number of carbonyl (C=O) groups excluding carboxylic acids is 2. The standard InChI is InChI=1S/C20H20N2O4/c1-22(16-8-6-13-4-2-3-5-15(13)16)19(23)11-21-20(24)14-7-9-17-18(10-14)26-12-25-17/h2-5,7,9-10,16H,6,8,11-12H2,1H3,(H,21,24). The molecule has 1 N–H and O–H groups in total. The van der Waals surface area contributed by atoms with E-state index in [0.717, 1.165) is 12.8 Å². The second-order valence-corrected chi connectivity index (χ2v) is 6.51. The number of ether oxygens (including phenoxy) is 2. The Morgan fingerprint density at radius 1 is 1.15 bits per heavy atom. The maximum Gasteiger partial charge on any atom is 0.251 e. The Bertz CT molecular complexity index is 865. The molecule has 0 radical (unpaired) electrons. The van der Waals surface area contributed by atoms with Crippen LogP contribution in [0.4, 0.5) is 0 Å². The minimum Gasteiger partial charge on any atom is -0.454 e. The molecule has 2 aromatic rings. The third-order valence-corrected chi connectivity index (χ3v) is 5.00. The van der Waals surface area contributed by atoms with Crippen LogP contribution in [-0.4, -0.2) is 37.1 Å². The van der Waals surface area contributed by atoms with Crippen molar-refractivity contribution in [1.82, 2.24) is 10.2 Å². The number of rotatable bonds is 4. The molecule has 0 spiro atoms. The van der Waals surface area contributed by atoms with Crippen molar-refractivity contribution in [2.24, 2.45) is 0 Å². The highest BCUT2D eigenvalue weighted by atomic mass is 16.7. The summed E-state index contributed by atoms with van der Waals surface area (Å²) in [5.74, 6) is 0.749. The lowest BCUT2D eigenvalue weighted by Gasteiger charge is -2.25. The highest BCUT2D eigenvalue weighted by Gasteiger charge is 2.28. The van der Waals surface area contributed by atoms with Crippen LogP contribution in [0.2, 0.25) is 0 Å². The van der Waals surface area contributed by atoms with Crippen LogP contribution in [0.5, 0.6) is 11.5 Å². The molecular weight excluding hydrogens is 332 g/mol. The van der Waals surface area contributed by atoms with Crippen LogP contribution in [0.15, 0.2) is 42.5 Å². The maximum absolute atomic E-state index is 12.5. The second-order valence-electron chi connectivity index (χ2n) is 6.51. The summed E-state index contributed by atoms with van der Waals surface area (Å²) in [4.78, 5) is 26.6. The van der Waals surface area contributed by atoms with Crippen LogP contribution in [0.3, 0.4) is 0 Å². The predicted molar refractivity (Wildman–Crippen MR) is 95.2 cm³/mol. The third kappa shape index (κ3) is 2.98. The van der Waals surface area contributed by atoms with Gasteiger partial charge in [-0.15, -0.1) is 0 Å². The van der Waals surface area contributed by atoms with Gasteiger partial charge in [0.2, 0.25) is 12.7 Å². The minimum absolute atomic E-state index is 0.0392. The van der Waals surface area contributed by atoms with E-state index in [1.807, 2.05) is 12.1 Å². The largest absolute Gasteiger partial charge is 0.454 e. The van der Waals surface area contributed by atoms with Gasteiger partial charge in [-0.1, -0.05) is 24.3 Å². The lowest BCUT2D eigenvalue weighted by atomic mass is 10.1. The molecule has 26 heavy (non-hydrogen) atoms. The zero-order valence-corrected chi connectivity index (χ0v) is 14.5. The number of hydrogen-bond acceptors (Lipinski definition) is 4. The molecule has 0 aromatic heterocycles. The van der Waals surface area contributed by atoms with Crippen LogP contribution in [-0.2, 0) is 11.2 Å². The lowest BCUT2D eigenvalue weighted by molar-refractivity contribution is -0.131. The Balaban J connectivity index is 1.37. The van der Waals surface area contributed by atoms with E-state index in [4.69, 9.17) is 9.47 Å². The van der Waals surface area contributed by atoms with Crippen molar-refractivity contribution in [3.63, 3.8) is 0 Å². The molecule has 1 atom stereocenters. The van der Waals surface area contributed by atoms with Gasteiger partial charge in [0.1, 0.15) is 0 Å². The fourth-order valence-electron chi connectivity index (χ4n) is 3.53. The number of aryl methyl sites for hydroxylation is 1. The summed E-state index contributed by atoms with van der Waals surface area (Å²) in [7, 11) is 1.79. The van der Waals surface area contributed by atoms with Crippen LogP contribution in [0.1, 0.15) is 33.9 Å². The summed E-state index contributed by atoms with van der Waals surface area (Å²) >= 11 is 0. The summed E-state index contributed by atoms with van der Waals surface area (Å²) in [5.41, 5.74) is 2.93. The maximum atomic E-state index is 12.5. The number of fused-ring (bicyclic) bond motifs is 2. The molecule has 134 valence electrons. The number of likely N-dealkylation sites (N-methyl/N-ethyl adjacent to an activating group) is 1. The third-order valence-electron chi connectivity index (χ3n) is 5.00. The van der Waals surface area contributed by atoms with Gasteiger partial charge in [-0.05, 0) is 42.2 Å². The number of benzene rings is 2. The van der Waals surface area contributed by atoms with Gasteiger partial charge in [-0.3, -0.25) is 9.59 Å². The van der Waals surface area contributed by atoms with Crippen molar-refractivity contribution in [3.05, 3.63) is 59.2 Å². The van der Waals surface area contributed by atoms with Gasteiger partial charge in [0.25, 0.3) is 5.91 Å². The fraction of sp³-hybridized carbons (Fsp3) is 0.300. The molecule has 1 heterocycles. The molecule has 1 aliphatic heterocycles.